The third-order valence-electron chi connectivity index (χ3n) is 5.87. The van der Waals surface area contributed by atoms with Crippen LogP contribution < -0.4 is 4.74 Å². The molecule has 0 bridgehead atoms. The van der Waals surface area contributed by atoms with E-state index in [1.165, 1.54) is 45.3 Å². The lowest BCUT2D eigenvalue weighted by molar-refractivity contribution is 0.0957. The minimum Gasteiger partial charge on any atom is -0.489 e. The number of Topliss-reactive ketones (excluding diaryl/α,β-unsaturated/α-hetero) is 1. The topological polar surface area (TPSA) is 47.4 Å². The highest BCUT2D eigenvalue weighted by molar-refractivity contribution is 6.07. The summed E-state index contributed by atoms with van der Waals surface area (Å²) in [4.78, 5) is 15.4. The average molecular weight is 355 g/mol. The molecule has 26 heavy (non-hydrogen) atoms. The van der Waals surface area contributed by atoms with E-state index >= 15 is 0 Å². The van der Waals surface area contributed by atoms with Crippen molar-refractivity contribution in [1.29, 1.82) is 0 Å². The SMILES string of the molecule is CCCCN1CCC(CCC(=O)c2nn3c4c(cccc24)OCC3)CC1. The van der Waals surface area contributed by atoms with Gasteiger partial charge in [0.15, 0.2) is 5.78 Å². The number of likely N-dealkylation sites (tertiary alicyclic amines) is 1. The predicted molar refractivity (Wildman–Crippen MR) is 103 cm³/mol. The normalized spacial score (nSPS) is 18.2. The van der Waals surface area contributed by atoms with E-state index in [2.05, 4.69) is 16.9 Å². The van der Waals surface area contributed by atoms with Crippen LogP contribution in [0, 0.1) is 5.92 Å². The molecule has 2 aromatic rings. The van der Waals surface area contributed by atoms with Crippen LogP contribution in [-0.4, -0.2) is 46.7 Å². The number of hydrogen-bond donors (Lipinski definition) is 0. The highest BCUT2D eigenvalue weighted by Gasteiger charge is 2.24. The molecule has 0 amide bonds. The number of benzene rings is 1. The Balaban J connectivity index is 1.37. The molecule has 1 fully saturated rings. The van der Waals surface area contributed by atoms with Crippen LogP contribution in [0.2, 0.25) is 0 Å². The molecular formula is C21H29N3O2. The fourth-order valence-corrected chi connectivity index (χ4v) is 4.26. The second-order valence-corrected chi connectivity index (χ2v) is 7.67. The van der Waals surface area contributed by atoms with Gasteiger partial charge < -0.3 is 9.64 Å². The monoisotopic (exact) mass is 355 g/mol. The summed E-state index contributed by atoms with van der Waals surface area (Å²) in [5.74, 6) is 1.71. The lowest BCUT2D eigenvalue weighted by Crippen LogP contribution is -2.34. The van der Waals surface area contributed by atoms with E-state index < -0.39 is 0 Å². The van der Waals surface area contributed by atoms with E-state index in [-0.39, 0.29) is 5.78 Å². The van der Waals surface area contributed by atoms with Crippen molar-refractivity contribution in [3.63, 3.8) is 0 Å². The maximum Gasteiger partial charge on any atom is 0.183 e. The van der Waals surface area contributed by atoms with E-state index in [1.807, 2.05) is 22.9 Å². The van der Waals surface area contributed by atoms with Crippen molar-refractivity contribution in [3.8, 4) is 5.75 Å². The molecule has 5 nitrogen and oxygen atoms in total. The summed E-state index contributed by atoms with van der Waals surface area (Å²) in [6, 6.07) is 5.91. The Labute approximate surface area is 155 Å². The Kier molecular flexibility index (Phi) is 5.25. The van der Waals surface area contributed by atoms with Gasteiger partial charge in [-0.2, -0.15) is 5.10 Å². The smallest absolute Gasteiger partial charge is 0.183 e. The van der Waals surface area contributed by atoms with Gasteiger partial charge in [-0.3, -0.25) is 9.48 Å². The Morgan fingerprint density at radius 1 is 1.27 bits per heavy atom. The molecule has 0 atom stereocenters. The molecule has 2 aliphatic heterocycles. The molecule has 0 spiro atoms. The van der Waals surface area contributed by atoms with Crippen LogP contribution in [0.5, 0.6) is 5.75 Å². The van der Waals surface area contributed by atoms with Crippen molar-refractivity contribution in [3.05, 3.63) is 23.9 Å². The second-order valence-electron chi connectivity index (χ2n) is 7.67. The molecule has 0 aliphatic carbocycles. The maximum absolute atomic E-state index is 12.8. The van der Waals surface area contributed by atoms with Crippen LogP contribution >= 0.6 is 0 Å². The molecule has 0 radical (unpaired) electrons. The van der Waals surface area contributed by atoms with Gasteiger partial charge in [0.25, 0.3) is 0 Å². The number of piperidine rings is 1. The van der Waals surface area contributed by atoms with Crippen molar-refractivity contribution in [2.75, 3.05) is 26.2 Å². The molecule has 1 aromatic carbocycles. The number of carbonyl (C=O) groups excluding carboxylic acids is 1. The zero-order chi connectivity index (χ0) is 17.9. The van der Waals surface area contributed by atoms with Gasteiger partial charge >= 0.3 is 0 Å². The Morgan fingerprint density at radius 3 is 2.92 bits per heavy atom. The van der Waals surface area contributed by atoms with Crippen molar-refractivity contribution in [2.24, 2.45) is 5.92 Å². The number of rotatable bonds is 7. The summed E-state index contributed by atoms with van der Waals surface area (Å²) in [7, 11) is 0. The Hall–Kier alpha value is -1.88. The minimum atomic E-state index is 0.182. The molecule has 4 rings (SSSR count). The Bertz CT molecular complexity index is 775. The van der Waals surface area contributed by atoms with Crippen molar-refractivity contribution in [1.82, 2.24) is 14.7 Å². The molecule has 0 saturated carbocycles. The van der Waals surface area contributed by atoms with Crippen LogP contribution in [0.1, 0.15) is 55.9 Å². The molecule has 3 heterocycles. The molecule has 140 valence electrons. The summed E-state index contributed by atoms with van der Waals surface area (Å²) in [6.07, 6.45) is 6.61. The number of ether oxygens (including phenoxy) is 1. The summed E-state index contributed by atoms with van der Waals surface area (Å²) in [5.41, 5.74) is 1.61. The molecule has 2 aliphatic rings. The zero-order valence-corrected chi connectivity index (χ0v) is 15.7. The minimum absolute atomic E-state index is 0.182. The van der Waals surface area contributed by atoms with Crippen LogP contribution in [0.15, 0.2) is 18.2 Å². The number of nitrogens with zero attached hydrogens (tertiary/aromatic N) is 3. The Morgan fingerprint density at radius 2 is 2.12 bits per heavy atom. The van der Waals surface area contributed by atoms with Crippen LogP contribution in [0.4, 0.5) is 0 Å². The van der Waals surface area contributed by atoms with Crippen molar-refractivity contribution < 1.29 is 9.53 Å². The lowest BCUT2D eigenvalue weighted by atomic mass is 9.90. The van der Waals surface area contributed by atoms with E-state index in [1.54, 1.807) is 0 Å². The molecule has 0 unspecified atom stereocenters. The number of hydrogen-bond acceptors (Lipinski definition) is 4. The van der Waals surface area contributed by atoms with Gasteiger partial charge in [0, 0.05) is 11.8 Å². The number of carbonyl (C=O) groups is 1. The highest BCUT2D eigenvalue weighted by atomic mass is 16.5. The maximum atomic E-state index is 12.8. The molecule has 1 saturated heterocycles. The van der Waals surface area contributed by atoms with Gasteiger partial charge in [0.2, 0.25) is 0 Å². The van der Waals surface area contributed by atoms with E-state index in [0.29, 0.717) is 24.6 Å². The van der Waals surface area contributed by atoms with Gasteiger partial charge in [-0.15, -0.1) is 0 Å². The van der Waals surface area contributed by atoms with Crippen LogP contribution in [0.3, 0.4) is 0 Å². The number of aromatic nitrogens is 2. The van der Waals surface area contributed by atoms with Gasteiger partial charge in [0.1, 0.15) is 23.6 Å². The quantitative estimate of drug-likeness (QED) is 0.707. The van der Waals surface area contributed by atoms with Gasteiger partial charge in [0.05, 0.1) is 6.54 Å². The van der Waals surface area contributed by atoms with Crippen LogP contribution in [-0.2, 0) is 6.54 Å². The van der Waals surface area contributed by atoms with Crippen LogP contribution in [0.25, 0.3) is 10.9 Å². The molecule has 1 aromatic heterocycles. The summed E-state index contributed by atoms with van der Waals surface area (Å²) < 4.78 is 7.64. The van der Waals surface area contributed by atoms with Gasteiger partial charge in [-0.1, -0.05) is 25.5 Å². The van der Waals surface area contributed by atoms with Gasteiger partial charge in [-0.25, -0.2) is 0 Å². The molecule has 0 N–H and O–H groups in total. The second kappa shape index (κ2) is 7.78. The van der Waals surface area contributed by atoms with Crippen molar-refractivity contribution in [2.45, 2.75) is 52.0 Å². The zero-order valence-electron chi connectivity index (χ0n) is 15.7. The third kappa shape index (κ3) is 3.50. The standard InChI is InChI=1S/C21H29N3O2/c1-2-3-11-23-12-9-16(10-13-23)7-8-18(25)20-17-5-4-6-19-21(17)24(22-20)14-15-26-19/h4-6,16H,2-3,7-15H2,1H3. The van der Waals surface area contributed by atoms with E-state index in [4.69, 9.17) is 4.74 Å². The summed E-state index contributed by atoms with van der Waals surface area (Å²) >= 11 is 0. The first-order valence-electron chi connectivity index (χ1n) is 10.1. The summed E-state index contributed by atoms with van der Waals surface area (Å²) in [6.45, 7) is 7.21. The first-order chi connectivity index (χ1) is 12.8. The fourth-order valence-electron chi connectivity index (χ4n) is 4.26. The number of ketones is 1. The highest BCUT2D eigenvalue weighted by Crippen LogP contribution is 2.32. The van der Waals surface area contributed by atoms with E-state index in [0.717, 1.165) is 29.6 Å². The fraction of sp³-hybridized carbons (Fsp3) is 0.619. The van der Waals surface area contributed by atoms with Gasteiger partial charge in [-0.05, 0) is 57.3 Å². The first kappa shape index (κ1) is 17.5. The lowest BCUT2D eigenvalue weighted by Gasteiger charge is -2.31. The number of unbranched alkanes of at least 4 members (excludes halogenated alkanes) is 1. The van der Waals surface area contributed by atoms with E-state index in [9.17, 15) is 4.79 Å². The molecule has 5 heteroatoms. The molecular weight excluding hydrogens is 326 g/mol. The third-order valence-corrected chi connectivity index (χ3v) is 5.87. The number of para-hydroxylation sites is 1. The largest absolute Gasteiger partial charge is 0.489 e. The summed E-state index contributed by atoms with van der Waals surface area (Å²) in [5, 5.41) is 5.55. The van der Waals surface area contributed by atoms with Crippen molar-refractivity contribution >= 4 is 16.7 Å². The predicted octanol–water partition coefficient (Wildman–Crippen LogP) is 3.90. The first-order valence-corrected chi connectivity index (χ1v) is 10.1. The average Bonchev–Trinajstić information content (AvgIpc) is 3.06.